The highest BCUT2D eigenvalue weighted by Gasteiger charge is 2.32. The maximum atomic E-state index is 6.19. The lowest BCUT2D eigenvalue weighted by atomic mass is 9.78. The van der Waals surface area contributed by atoms with E-state index < -0.39 is 0 Å². The molecular formula is C14H22ClNS. The third-order valence-electron chi connectivity index (χ3n) is 3.94. The lowest BCUT2D eigenvalue weighted by molar-refractivity contribution is 0.219. The Labute approximate surface area is 114 Å². The van der Waals surface area contributed by atoms with Gasteiger partial charge in [-0.25, -0.2) is 0 Å². The van der Waals surface area contributed by atoms with E-state index in [9.17, 15) is 0 Å². The fraction of sp³-hybridized carbons (Fsp3) is 0.714. The lowest BCUT2D eigenvalue weighted by Gasteiger charge is -2.39. The summed E-state index contributed by atoms with van der Waals surface area (Å²) < 4.78 is 0. The summed E-state index contributed by atoms with van der Waals surface area (Å²) in [5.41, 5.74) is 0.214. The molecule has 1 aliphatic carbocycles. The van der Waals surface area contributed by atoms with Crippen LogP contribution in [0.4, 0.5) is 0 Å². The van der Waals surface area contributed by atoms with Crippen LogP contribution in [0.3, 0.4) is 0 Å². The minimum atomic E-state index is 0.214. The standard InChI is InChI=1S/C14H22ClNS/c1-12-4-7-14(11-15,8-5-12)16-9-6-13-3-2-10-17-13/h2-3,10,12,16H,4-9,11H2,1H3. The fourth-order valence-electron chi connectivity index (χ4n) is 2.58. The Morgan fingerprint density at radius 1 is 1.47 bits per heavy atom. The van der Waals surface area contributed by atoms with Crippen molar-refractivity contribution in [3.63, 3.8) is 0 Å². The van der Waals surface area contributed by atoms with Crippen LogP contribution in [0.1, 0.15) is 37.5 Å². The Balaban J connectivity index is 1.79. The SMILES string of the molecule is CC1CCC(CCl)(NCCc2cccs2)CC1. The van der Waals surface area contributed by atoms with E-state index in [2.05, 4.69) is 29.8 Å². The number of thiophene rings is 1. The molecule has 0 spiro atoms. The third-order valence-corrected chi connectivity index (χ3v) is 5.39. The van der Waals surface area contributed by atoms with Crippen molar-refractivity contribution in [3.05, 3.63) is 22.4 Å². The van der Waals surface area contributed by atoms with Crippen LogP contribution in [0.25, 0.3) is 0 Å². The molecule has 0 bridgehead atoms. The molecule has 1 fully saturated rings. The molecule has 96 valence electrons. The monoisotopic (exact) mass is 271 g/mol. The predicted octanol–water partition coefficient (Wildman–Crippen LogP) is 4.07. The molecule has 0 atom stereocenters. The zero-order valence-corrected chi connectivity index (χ0v) is 12.1. The van der Waals surface area contributed by atoms with Crippen LogP contribution in [0.15, 0.2) is 17.5 Å². The third kappa shape index (κ3) is 3.70. The molecule has 0 aliphatic heterocycles. The van der Waals surface area contributed by atoms with Gasteiger partial charge in [-0.2, -0.15) is 0 Å². The van der Waals surface area contributed by atoms with Gasteiger partial charge in [-0.3, -0.25) is 0 Å². The first-order valence-electron chi connectivity index (χ1n) is 6.57. The summed E-state index contributed by atoms with van der Waals surface area (Å²) in [4.78, 5) is 1.46. The summed E-state index contributed by atoms with van der Waals surface area (Å²) in [6.45, 7) is 3.41. The summed E-state index contributed by atoms with van der Waals surface area (Å²) in [6, 6.07) is 4.34. The molecule has 1 aliphatic rings. The maximum Gasteiger partial charge on any atom is 0.0406 e. The van der Waals surface area contributed by atoms with E-state index in [-0.39, 0.29) is 5.54 Å². The van der Waals surface area contributed by atoms with Crippen LogP contribution in [0.5, 0.6) is 0 Å². The van der Waals surface area contributed by atoms with Gasteiger partial charge in [-0.1, -0.05) is 13.0 Å². The Kier molecular flexibility index (Phi) is 4.89. The first kappa shape index (κ1) is 13.4. The van der Waals surface area contributed by atoms with Gasteiger partial charge in [0.2, 0.25) is 0 Å². The Hall–Kier alpha value is -0.0500. The van der Waals surface area contributed by atoms with Gasteiger partial charge in [0.15, 0.2) is 0 Å². The minimum Gasteiger partial charge on any atom is -0.310 e. The van der Waals surface area contributed by atoms with Crippen LogP contribution in [-0.2, 0) is 6.42 Å². The number of hydrogen-bond donors (Lipinski definition) is 1. The van der Waals surface area contributed by atoms with Crippen molar-refractivity contribution in [1.29, 1.82) is 0 Å². The molecule has 1 heterocycles. The molecule has 2 rings (SSSR count). The highest BCUT2D eigenvalue weighted by molar-refractivity contribution is 7.09. The molecule has 1 N–H and O–H groups in total. The van der Waals surface area contributed by atoms with E-state index in [1.165, 1.54) is 30.6 Å². The van der Waals surface area contributed by atoms with Gasteiger partial charge in [0.05, 0.1) is 0 Å². The zero-order chi connectivity index (χ0) is 12.1. The summed E-state index contributed by atoms with van der Waals surface area (Å²) in [5.74, 6) is 1.63. The van der Waals surface area contributed by atoms with Crippen molar-refractivity contribution < 1.29 is 0 Å². The largest absolute Gasteiger partial charge is 0.310 e. The smallest absolute Gasteiger partial charge is 0.0406 e. The van der Waals surface area contributed by atoms with Crippen LogP contribution >= 0.6 is 22.9 Å². The van der Waals surface area contributed by atoms with E-state index >= 15 is 0 Å². The second-order valence-electron chi connectivity index (χ2n) is 5.35. The topological polar surface area (TPSA) is 12.0 Å². The van der Waals surface area contributed by atoms with Crippen LogP contribution in [0.2, 0.25) is 0 Å². The average Bonchev–Trinajstić information content (AvgIpc) is 2.85. The maximum absolute atomic E-state index is 6.19. The quantitative estimate of drug-likeness (QED) is 0.796. The highest BCUT2D eigenvalue weighted by Crippen LogP contribution is 2.32. The number of rotatable bonds is 5. The van der Waals surface area contributed by atoms with Crippen molar-refractivity contribution in [2.75, 3.05) is 12.4 Å². The molecule has 0 unspecified atom stereocenters. The number of hydrogen-bond acceptors (Lipinski definition) is 2. The van der Waals surface area contributed by atoms with Crippen molar-refractivity contribution in [2.45, 2.75) is 44.6 Å². The molecule has 1 aromatic rings. The van der Waals surface area contributed by atoms with Crippen molar-refractivity contribution in [3.8, 4) is 0 Å². The molecule has 0 radical (unpaired) electrons. The van der Waals surface area contributed by atoms with Gasteiger partial charge in [-0.15, -0.1) is 22.9 Å². The van der Waals surface area contributed by atoms with Gasteiger partial charge < -0.3 is 5.32 Å². The molecule has 0 amide bonds. The van der Waals surface area contributed by atoms with Gasteiger partial charge in [0, 0.05) is 22.8 Å². The fourth-order valence-corrected chi connectivity index (χ4v) is 3.65. The molecule has 3 heteroatoms. The van der Waals surface area contributed by atoms with Crippen molar-refractivity contribution in [1.82, 2.24) is 5.32 Å². The molecule has 1 aromatic heterocycles. The first-order chi connectivity index (χ1) is 8.24. The summed E-state index contributed by atoms with van der Waals surface area (Å²) in [7, 11) is 0. The van der Waals surface area contributed by atoms with Crippen LogP contribution < -0.4 is 5.32 Å². The van der Waals surface area contributed by atoms with Crippen LogP contribution in [0, 0.1) is 5.92 Å². The Bertz CT molecular complexity index is 315. The minimum absolute atomic E-state index is 0.214. The number of halogens is 1. The average molecular weight is 272 g/mol. The van der Waals surface area contributed by atoms with Gasteiger partial charge in [-0.05, 0) is 49.5 Å². The number of nitrogens with one attached hydrogen (secondary N) is 1. The molecular weight excluding hydrogens is 250 g/mol. The molecule has 1 nitrogen and oxygen atoms in total. The second kappa shape index (κ2) is 6.21. The van der Waals surface area contributed by atoms with E-state index in [0.717, 1.165) is 24.8 Å². The highest BCUT2D eigenvalue weighted by atomic mass is 35.5. The van der Waals surface area contributed by atoms with Crippen molar-refractivity contribution >= 4 is 22.9 Å². The summed E-state index contributed by atoms with van der Waals surface area (Å²) >= 11 is 8.03. The molecule has 0 saturated heterocycles. The van der Waals surface area contributed by atoms with Crippen molar-refractivity contribution in [2.24, 2.45) is 5.92 Å². The molecule has 0 aromatic carbocycles. The zero-order valence-electron chi connectivity index (χ0n) is 10.5. The second-order valence-corrected chi connectivity index (χ2v) is 6.65. The Morgan fingerprint density at radius 2 is 2.24 bits per heavy atom. The Morgan fingerprint density at radius 3 is 2.82 bits per heavy atom. The van der Waals surface area contributed by atoms with E-state index in [1.807, 2.05) is 11.3 Å². The van der Waals surface area contributed by atoms with E-state index in [4.69, 9.17) is 11.6 Å². The van der Waals surface area contributed by atoms with E-state index in [1.54, 1.807) is 0 Å². The summed E-state index contributed by atoms with van der Waals surface area (Å²) in [5, 5.41) is 5.87. The van der Waals surface area contributed by atoms with Gasteiger partial charge in [0.25, 0.3) is 0 Å². The molecule has 17 heavy (non-hydrogen) atoms. The normalized spacial score (nSPS) is 29.4. The number of alkyl halides is 1. The lowest BCUT2D eigenvalue weighted by Crippen LogP contribution is -2.50. The van der Waals surface area contributed by atoms with Crippen LogP contribution in [-0.4, -0.2) is 18.0 Å². The summed E-state index contributed by atoms with van der Waals surface area (Å²) in [6.07, 6.45) is 6.24. The van der Waals surface area contributed by atoms with E-state index in [0.29, 0.717) is 0 Å². The predicted molar refractivity (Wildman–Crippen MR) is 77.1 cm³/mol. The van der Waals surface area contributed by atoms with Gasteiger partial charge in [0.1, 0.15) is 0 Å². The van der Waals surface area contributed by atoms with Gasteiger partial charge >= 0.3 is 0 Å². The molecule has 1 saturated carbocycles. The first-order valence-corrected chi connectivity index (χ1v) is 7.99.